The summed E-state index contributed by atoms with van der Waals surface area (Å²) in [6.07, 6.45) is 0. The first-order valence-corrected chi connectivity index (χ1v) is 9.96. The number of methoxy groups -OCH3 is 1. The van der Waals surface area contributed by atoms with Gasteiger partial charge in [-0.25, -0.2) is 8.42 Å². The average Bonchev–Trinajstić information content (AvgIpc) is 2.69. The van der Waals surface area contributed by atoms with Crippen LogP contribution in [0.2, 0.25) is 0 Å². The van der Waals surface area contributed by atoms with Gasteiger partial charge in [0.1, 0.15) is 11.5 Å². The van der Waals surface area contributed by atoms with Gasteiger partial charge in [-0.3, -0.25) is 4.79 Å². The maximum Gasteiger partial charge on any atom is 0.331 e. The zero-order chi connectivity index (χ0) is 19.5. The Morgan fingerprint density at radius 1 is 1.00 bits per heavy atom. The second-order valence-corrected chi connectivity index (χ2v) is 8.58. The Morgan fingerprint density at radius 3 is 2.11 bits per heavy atom. The van der Waals surface area contributed by atoms with Gasteiger partial charge in [0.15, 0.2) is 14.9 Å². The summed E-state index contributed by atoms with van der Waals surface area (Å²) < 4.78 is 35.1. The lowest BCUT2D eigenvalue weighted by Gasteiger charge is -2.35. The highest BCUT2D eigenvalue weighted by molar-refractivity contribution is 7.93. The van der Waals surface area contributed by atoms with Crippen molar-refractivity contribution in [1.29, 1.82) is 0 Å². The van der Waals surface area contributed by atoms with Crippen molar-refractivity contribution < 1.29 is 22.7 Å². The molecule has 0 amide bonds. The lowest BCUT2D eigenvalue weighted by atomic mass is 10.1. The Kier molecular flexibility index (Phi) is 5.33. The van der Waals surface area contributed by atoms with E-state index < -0.39 is 20.6 Å². The lowest BCUT2D eigenvalue weighted by molar-refractivity contribution is -0.143. The molecule has 3 rings (SSSR count). The third kappa shape index (κ3) is 3.60. The maximum atomic E-state index is 13.2. The molecule has 7 nitrogen and oxygen atoms in total. The first-order chi connectivity index (χ1) is 12.9. The first-order valence-electron chi connectivity index (χ1n) is 8.07. The van der Waals surface area contributed by atoms with Gasteiger partial charge >= 0.3 is 5.97 Å². The van der Waals surface area contributed by atoms with Crippen molar-refractivity contribution in [2.75, 3.05) is 20.2 Å². The van der Waals surface area contributed by atoms with Crippen LogP contribution >= 0.6 is 12.2 Å². The van der Waals surface area contributed by atoms with Crippen LogP contribution in [0.1, 0.15) is 0 Å². The summed E-state index contributed by atoms with van der Waals surface area (Å²) >= 11 is 4.96. The molecule has 1 aliphatic rings. The number of hydrogen-bond acceptors (Lipinski definition) is 6. The van der Waals surface area contributed by atoms with Gasteiger partial charge in [0.25, 0.3) is 0 Å². The normalized spacial score (nSPS) is 16.0. The highest BCUT2D eigenvalue weighted by Gasteiger charge is 2.54. The molecular formula is C18H18N2O5S2. The quantitative estimate of drug-likeness (QED) is 0.572. The van der Waals surface area contributed by atoms with E-state index in [0.29, 0.717) is 11.5 Å². The smallest absolute Gasteiger partial charge is 0.331 e. The Labute approximate surface area is 162 Å². The van der Waals surface area contributed by atoms with Crippen molar-refractivity contribution in [3.63, 3.8) is 0 Å². The topological polar surface area (TPSA) is 93.7 Å². The SMILES string of the molecule is COC(=O)C1(S(=O)(=O)c2ccc(Oc3ccccc3)cc2)CNC(=S)NC1. The summed E-state index contributed by atoms with van der Waals surface area (Å²) in [5.74, 6) is 0.260. The van der Waals surface area contributed by atoms with Crippen molar-refractivity contribution in [2.45, 2.75) is 9.64 Å². The van der Waals surface area contributed by atoms with Gasteiger partial charge in [-0.1, -0.05) is 18.2 Å². The van der Waals surface area contributed by atoms with Gasteiger partial charge in [-0.05, 0) is 48.6 Å². The molecule has 1 saturated heterocycles. The molecule has 1 heterocycles. The molecule has 0 bridgehead atoms. The van der Waals surface area contributed by atoms with Crippen LogP contribution in [0.15, 0.2) is 59.5 Å². The number of benzene rings is 2. The van der Waals surface area contributed by atoms with Crippen molar-refractivity contribution in [2.24, 2.45) is 0 Å². The van der Waals surface area contributed by atoms with Crippen LogP contribution in [0.3, 0.4) is 0 Å². The molecule has 0 saturated carbocycles. The molecule has 2 aromatic rings. The number of thiocarbonyl (C=S) groups is 1. The Balaban J connectivity index is 1.91. The molecule has 27 heavy (non-hydrogen) atoms. The molecule has 0 unspecified atom stereocenters. The number of esters is 1. The molecule has 0 radical (unpaired) electrons. The second kappa shape index (κ2) is 7.53. The van der Waals surface area contributed by atoms with E-state index in [9.17, 15) is 13.2 Å². The van der Waals surface area contributed by atoms with Gasteiger partial charge in [0.2, 0.25) is 4.75 Å². The van der Waals surface area contributed by atoms with Crippen LogP contribution in [-0.4, -0.2) is 44.4 Å². The minimum absolute atomic E-state index is 0.00951. The standard InChI is InChI=1S/C18H18N2O5S2/c1-24-16(21)18(11-19-17(26)20-12-18)27(22,23)15-9-7-14(8-10-15)25-13-5-3-2-4-6-13/h2-10H,11-12H2,1H3,(H2,19,20,26). The summed E-state index contributed by atoms with van der Waals surface area (Å²) in [6.45, 7) is -0.341. The Morgan fingerprint density at radius 2 is 1.56 bits per heavy atom. The molecule has 1 fully saturated rings. The summed E-state index contributed by atoms with van der Waals surface area (Å²) in [5, 5.41) is 5.74. The number of nitrogens with one attached hydrogen (secondary N) is 2. The van der Waals surface area contributed by atoms with Gasteiger partial charge in [0.05, 0.1) is 12.0 Å². The third-order valence-electron chi connectivity index (χ3n) is 4.25. The minimum atomic E-state index is -4.06. The number of hydrogen-bond donors (Lipinski definition) is 2. The predicted octanol–water partition coefficient (Wildman–Crippen LogP) is 1.64. The van der Waals surface area contributed by atoms with E-state index in [1.54, 1.807) is 24.3 Å². The number of carbonyl (C=O) groups is 1. The van der Waals surface area contributed by atoms with Crippen LogP contribution in [-0.2, 0) is 19.4 Å². The maximum absolute atomic E-state index is 13.2. The number of para-hydroxylation sites is 1. The predicted molar refractivity (Wildman–Crippen MR) is 103 cm³/mol. The van der Waals surface area contributed by atoms with Crippen molar-refractivity contribution >= 4 is 33.1 Å². The molecule has 0 aromatic heterocycles. The zero-order valence-corrected chi connectivity index (χ0v) is 16.1. The van der Waals surface area contributed by atoms with Gasteiger partial charge in [-0.15, -0.1) is 0 Å². The molecule has 2 N–H and O–H groups in total. The Hall–Kier alpha value is -2.65. The fraction of sp³-hybridized carbons (Fsp3) is 0.222. The van der Waals surface area contributed by atoms with E-state index in [0.717, 1.165) is 7.11 Å². The highest BCUT2D eigenvalue weighted by atomic mass is 32.2. The largest absolute Gasteiger partial charge is 0.468 e. The fourth-order valence-corrected chi connectivity index (χ4v) is 4.66. The van der Waals surface area contributed by atoms with Gasteiger partial charge in [-0.2, -0.15) is 0 Å². The zero-order valence-electron chi connectivity index (χ0n) is 14.5. The van der Waals surface area contributed by atoms with Crippen LogP contribution in [0.25, 0.3) is 0 Å². The summed E-state index contributed by atoms with van der Waals surface area (Å²) in [5.41, 5.74) is 0. The van der Waals surface area contributed by atoms with E-state index in [-0.39, 0.29) is 23.1 Å². The molecule has 0 spiro atoms. The second-order valence-electron chi connectivity index (χ2n) is 5.91. The van der Waals surface area contributed by atoms with Gasteiger partial charge < -0.3 is 20.1 Å². The molecule has 142 valence electrons. The van der Waals surface area contributed by atoms with E-state index in [4.69, 9.17) is 21.7 Å². The monoisotopic (exact) mass is 406 g/mol. The minimum Gasteiger partial charge on any atom is -0.468 e. The van der Waals surface area contributed by atoms with Crippen molar-refractivity contribution in [3.8, 4) is 11.5 Å². The summed E-state index contributed by atoms with van der Waals surface area (Å²) in [7, 11) is -2.91. The van der Waals surface area contributed by atoms with Crippen LogP contribution < -0.4 is 15.4 Å². The molecule has 9 heteroatoms. The molecule has 1 aliphatic heterocycles. The third-order valence-corrected chi connectivity index (χ3v) is 6.92. The van der Waals surface area contributed by atoms with Crippen LogP contribution in [0, 0.1) is 0 Å². The van der Waals surface area contributed by atoms with Crippen molar-refractivity contribution in [3.05, 3.63) is 54.6 Å². The van der Waals surface area contributed by atoms with E-state index in [1.807, 2.05) is 18.2 Å². The lowest BCUT2D eigenvalue weighted by Crippen LogP contribution is -2.66. The highest BCUT2D eigenvalue weighted by Crippen LogP contribution is 2.30. The summed E-state index contributed by atoms with van der Waals surface area (Å²) in [4.78, 5) is 12.4. The average molecular weight is 406 g/mol. The Bertz CT molecular complexity index is 933. The van der Waals surface area contributed by atoms with Crippen LogP contribution in [0.4, 0.5) is 0 Å². The summed E-state index contributed by atoms with van der Waals surface area (Å²) in [6, 6.07) is 15.0. The molecule has 0 aliphatic carbocycles. The number of sulfone groups is 1. The molecule has 0 atom stereocenters. The fourth-order valence-electron chi connectivity index (χ4n) is 2.74. The first kappa shape index (κ1) is 19.1. The number of carbonyl (C=O) groups excluding carboxylic acids is 1. The van der Waals surface area contributed by atoms with Crippen molar-refractivity contribution in [1.82, 2.24) is 10.6 Å². The number of ether oxygens (including phenoxy) is 2. The van der Waals surface area contributed by atoms with Crippen LogP contribution in [0.5, 0.6) is 11.5 Å². The molecule has 2 aromatic carbocycles. The van der Waals surface area contributed by atoms with Gasteiger partial charge in [0, 0.05) is 13.1 Å². The van der Waals surface area contributed by atoms with E-state index in [2.05, 4.69) is 10.6 Å². The number of rotatable bonds is 5. The molecular weight excluding hydrogens is 388 g/mol. The van der Waals surface area contributed by atoms with E-state index >= 15 is 0 Å². The van der Waals surface area contributed by atoms with E-state index in [1.165, 1.54) is 12.1 Å².